The lowest BCUT2D eigenvalue weighted by Crippen LogP contribution is -2.33. The van der Waals surface area contributed by atoms with E-state index in [2.05, 4.69) is 19.9 Å². The number of unbranched alkanes of at least 4 members (excludes halogenated alkanes) is 7. The fourth-order valence-corrected chi connectivity index (χ4v) is 5.55. The Labute approximate surface area is 186 Å². The molecule has 0 radical (unpaired) electrons. The Hall–Kier alpha value is -1.04. The van der Waals surface area contributed by atoms with Crippen molar-refractivity contribution in [1.29, 1.82) is 5.26 Å². The van der Waals surface area contributed by atoms with Crippen LogP contribution in [0.25, 0.3) is 0 Å². The quantitative estimate of drug-likeness (QED) is 0.224. The summed E-state index contributed by atoms with van der Waals surface area (Å²) >= 11 is 0. The Morgan fingerprint density at radius 2 is 1.47 bits per heavy atom. The number of esters is 1. The van der Waals surface area contributed by atoms with E-state index < -0.39 is 0 Å². The molecule has 2 saturated carbocycles. The first-order chi connectivity index (χ1) is 14.6. The molecule has 172 valence electrons. The average Bonchev–Trinajstić information content (AvgIpc) is 2.78. The van der Waals surface area contributed by atoms with Crippen LogP contribution in [0.2, 0.25) is 0 Å². The topological polar surface area (TPSA) is 50.1 Å². The van der Waals surface area contributed by atoms with Crippen LogP contribution in [0.3, 0.4) is 0 Å². The summed E-state index contributed by atoms with van der Waals surface area (Å²) in [4.78, 5) is 12.7. The van der Waals surface area contributed by atoms with E-state index in [4.69, 9.17) is 4.74 Å². The van der Waals surface area contributed by atoms with Gasteiger partial charge < -0.3 is 4.74 Å². The van der Waals surface area contributed by atoms with Crippen molar-refractivity contribution in [3.63, 3.8) is 0 Å². The molecule has 0 aromatic carbocycles. The van der Waals surface area contributed by atoms with Crippen LogP contribution in [0, 0.1) is 28.6 Å². The Morgan fingerprint density at radius 1 is 0.867 bits per heavy atom. The second-order valence-corrected chi connectivity index (χ2v) is 10.3. The molecule has 3 nitrogen and oxygen atoms in total. The third-order valence-corrected chi connectivity index (χ3v) is 7.81. The maximum absolute atomic E-state index is 12.7. The first kappa shape index (κ1) is 25.2. The normalized spacial score (nSPS) is 29.3. The molecule has 3 heteroatoms. The number of carbonyl (C=O) groups excluding carboxylic acids is 1. The monoisotopic (exact) mass is 417 g/mol. The van der Waals surface area contributed by atoms with Gasteiger partial charge in [-0.1, -0.05) is 78.1 Å². The van der Waals surface area contributed by atoms with Crippen LogP contribution < -0.4 is 0 Å². The number of ether oxygens (including phenoxy) is 1. The lowest BCUT2D eigenvalue weighted by molar-refractivity contribution is -0.157. The van der Waals surface area contributed by atoms with E-state index in [0.717, 1.165) is 57.3 Å². The van der Waals surface area contributed by atoms with Crippen LogP contribution in [-0.4, -0.2) is 12.1 Å². The standard InChI is InChI=1S/C27H47NO2/c1-3-5-7-9-10-12-23-13-15-25(16-14-23)30-26(29)24-17-20-27(22-28,21-18-24)19-11-8-6-4-2/h23-25H,3-21H2,1-2H3/t23-,24-,25-,27+. The molecule has 0 unspecified atom stereocenters. The van der Waals surface area contributed by atoms with Crippen LogP contribution in [0.4, 0.5) is 0 Å². The number of hydrogen-bond acceptors (Lipinski definition) is 3. The van der Waals surface area contributed by atoms with E-state index >= 15 is 0 Å². The lowest BCUT2D eigenvalue weighted by Gasteiger charge is -2.35. The SMILES string of the molecule is CCCCCCC[C@H]1CC[C@H](OC(=O)[C@H]2CC[C@](C#N)(CCCCCC)CC2)CC1. The molecule has 0 spiro atoms. The summed E-state index contributed by atoms with van der Waals surface area (Å²) in [6.07, 6.45) is 22.2. The van der Waals surface area contributed by atoms with Gasteiger partial charge in [0.1, 0.15) is 6.10 Å². The van der Waals surface area contributed by atoms with Gasteiger partial charge >= 0.3 is 5.97 Å². The summed E-state index contributed by atoms with van der Waals surface area (Å²) in [5.74, 6) is 0.897. The van der Waals surface area contributed by atoms with Crippen LogP contribution in [0.15, 0.2) is 0 Å². The van der Waals surface area contributed by atoms with Gasteiger partial charge in [-0.25, -0.2) is 0 Å². The number of nitrogens with zero attached hydrogens (tertiary/aromatic N) is 1. The number of hydrogen-bond donors (Lipinski definition) is 0. The molecule has 0 bridgehead atoms. The van der Waals surface area contributed by atoms with Gasteiger partial charge in [-0.2, -0.15) is 5.26 Å². The van der Waals surface area contributed by atoms with Gasteiger partial charge in [0.05, 0.1) is 17.4 Å². The largest absolute Gasteiger partial charge is 0.462 e. The predicted octanol–water partition coefficient (Wildman–Crippen LogP) is 8.12. The minimum Gasteiger partial charge on any atom is -0.462 e. The molecule has 0 N–H and O–H groups in total. The van der Waals surface area contributed by atoms with Gasteiger partial charge in [0.25, 0.3) is 0 Å². The smallest absolute Gasteiger partial charge is 0.309 e. The Kier molecular flexibility index (Phi) is 11.9. The van der Waals surface area contributed by atoms with Gasteiger partial charge in [-0.3, -0.25) is 4.79 Å². The third-order valence-electron chi connectivity index (χ3n) is 7.81. The Bertz CT molecular complexity index is 507. The molecule has 0 saturated heterocycles. The van der Waals surface area contributed by atoms with Crippen molar-refractivity contribution in [2.75, 3.05) is 0 Å². The molecule has 2 aliphatic carbocycles. The fourth-order valence-electron chi connectivity index (χ4n) is 5.55. The minimum atomic E-state index is -0.181. The molecule has 2 aliphatic rings. The molecule has 0 aromatic heterocycles. The molecule has 30 heavy (non-hydrogen) atoms. The summed E-state index contributed by atoms with van der Waals surface area (Å²) in [5, 5.41) is 9.75. The molecule has 0 aliphatic heterocycles. The van der Waals surface area contributed by atoms with Gasteiger partial charge in [-0.15, -0.1) is 0 Å². The second-order valence-electron chi connectivity index (χ2n) is 10.3. The zero-order valence-corrected chi connectivity index (χ0v) is 19.9. The van der Waals surface area contributed by atoms with Crippen molar-refractivity contribution in [2.24, 2.45) is 17.3 Å². The van der Waals surface area contributed by atoms with Gasteiger partial charge in [-0.05, 0) is 63.7 Å². The van der Waals surface area contributed by atoms with Crippen LogP contribution in [0.1, 0.15) is 136 Å². The highest BCUT2D eigenvalue weighted by Crippen LogP contribution is 2.43. The van der Waals surface area contributed by atoms with E-state index in [9.17, 15) is 10.1 Å². The van der Waals surface area contributed by atoms with Crippen LogP contribution in [0.5, 0.6) is 0 Å². The van der Waals surface area contributed by atoms with Crippen LogP contribution in [-0.2, 0) is 9.53 Å². The van der Waals surface area contributed by atoms with Crippen molar-refractivity contribution in [3.05, 3.63) is 0 Å². The van der Waals surface area contributed by atoms with Gasteiger partial charge in [0, 0.05) is 0 Å². The summed E-state index contributed by atoms with van der Waals surface area (Å²) in [6, 6.07) is 2.62. The van der Waals surface area contributed by atoms with Crippen molar-refractivity contribution in [1.82, 2.24) is 0 Å². The van der Waals surface area contributed by atoms with Crippen molar-refractivity contribution >= 4 is 5.97 Å². The highest BCUT2D eigenvalue weighted by Gasteiger charge is 2.38. The first-order valence-corrected chi connectivity index (χ1v) is 13.2. The maximum atomic E-state index is 12.7. The lowest BCUT2D eigenvalue weighted by atomic mass is 9.69. The molecular weight excluding hydrogens is 370 g/mol. The predicted molar refractivity (Wildman–Crippen MR) is 124 cm³/mol. The van der Waals surface area contributed by atoms with Gasteiger partial charge in [0.15, 0.2) is 0 Å². The van der Waals surface area contributed by atoms with Crippen LogP contribution >= 0.6 is 0 Å². The zero-order chi connectivity index (χ0) is 21.7. The summed E-state index contributed by atoms with van der Waals surface area (Å²) in [6.45, 7) is 4.49. The molecule has 0 amide bonds. The number of carbonyl (C=O) groups is 1. The van der Waals surface area contributed by atoms with Crippen molar-refractivity contribution < 1.29 is 9.53 Å². The third kappa shape index (κ3) is 8.60. The van der Waals surface area contributed by atoms with Crippen molar-refractivity contribution in [3.8, 4) is 6.07 Å². The molecule has 0 heterocycles. The van der Waals surface area contributed by atoms with E-state index in [0.29, 0.717) is 0 Å². The van der Waals surface area contributed by atoms with E-state index in [1.807, 2.05) is 0 Å². The summed E-state index contributed by atoms with van der Waals surface area (Å²) in [5.41, 5.74) is -0.181. The number of rotatable bonds is 13. The fraction of sp³-hybridized carbons (Fsp3) is 0.926. The average molecular weight is 418 g/mol. The van der Waals surface area contributed by atoms with E-state index in [-0.39, 0.29) is 23.4 Å². The zero-order valence-electron chi connectivity index (χ0n) is 19.9. The minimum absolute atomic E-state index is 0.0236. The first-order valence-electron chi connectivity index (χ1n) is 13.2. The number of nitriles is 1. The Balaban J connectivity index is 1.62. The summed E-state index contributed by atoms with van der Waals surface area (Å²) < 4.78 is 5.93. The molecule has 2 fully saturated rings. The summed E-state index contributed by atoms with van der Waals surface area (Å²) in [7, 11) is 0. The molecule has 0 aromatic rings. The van der Waals surface area contributed by atoms with E-state index in [1.165, 1.54) is 70.6 Å². The van der Waals surface area contributed by atoms with Crippen molar-refractivity contribution in [2.45, 2.75) is 142 Å². The molecule has 0 atom stereocenters. The highest BCUT2D eigenvalue weighted by molar-refractivity contribution is 5.72. The van der Waals surface area contributed by atoms with Gasteiger partial charge in [0.2, 0.25) is 0 Å². The highest BCUT2D eigenvalue weighted by atomic mass is 16.5. The Morgan fingerprint density at radius 3 is 2.07 bits per heavy atom. The second kappa shape index (κ2) is 14.1. The van der Waals surface area contributed by atoms with E-state index in [1.54, 1.807) is 0 Å². The molecule has 2 rings (SSSR count). The molecular formula is C27H47NO2. The maximum Gasteiger partial charge on any atom is 0.309 e.